The standard InChI is InChI=1S/C62H86O2/c1-5-9-13-17-19-23-31-53(29-21-15-11-7-3)49-63-55-43-37-51(38-44-55)41-47-61-57-33-25-27-35-59(57)62(60-36-28-26-34-58(60)61)48-42-52-39-45-56(46-40-52)64-50-54(30-22-16-12-8-4)32-24-20-18-14-10-6-2/h25-28,33-48,53-54H,5-24,29-32,49-50H2,1-4H3/b47-41+,48-42+. The number of hydrogen-bond acceptors (Lipinski definition) is 2. The number of benzene rings is 5. The van der Waals surface area contributed by atoms with E-state index < -0.39 is 0 Å². The van der Waals surface area contributed by atoms with E-state index in [1.54, 1.807) is 0 Å². The van der Waals surface area contributed by atoms with E-state index in [0.717, 1.165) is 24.7 Å². The zero-order valence-electron chi connectivity index (χ0n) is 40.9. The number of unbranched alkanes of at least 4 members (excludes halogenated alkanes) is 16. The number of rotatable bonds is 34. The van der Waals surface area contributed by atoms with Crippen molar-refractivity contribution in [1.82, 2.24) is 0 Å². The first-order valence-corrected chi connectivity index (χ1v) is 26.4. The molecule has 0 bridgehead atoms. The monoisotopic (exact) mass is 863 g/mol. The maximum Gasteiger partial charge on any atom is 0.119 e. The SMILES string of the molecule is CCCCCCCCC(CCCCCC)COc1ccc(/C=C/c2c3ccccc3c(/C=C/c3ccc(OCC(CCCCCC)CCCCCCCC)cc3)c3ccccc23)cc1. The Morgan fingerprint density at radius 1 is 0.328 bits per heavy atom. The molecule has 0 aliphatic carbocycles. The van der Waals surface area contributed by atoms with Crippen molar-refractivity contribution in [2.45, 2.75) is 182 Å². The third-order valence-corrected chi connectivity index (χ3v) is 13.5. The van der Waals surface area contributed by atoms with E-state index in [9.17, 15) is 0 Å². The summed E-state index contributed by atoms with van der Waals surface area (Å²) >= 11 is 0. The Kier molecular flexibility index (Phi) is 24.4. The van der Waals surface area contributed by atoms with E-state index in [-0.39, 0.29) is 0 Å². The number of fused-ring (bicyclic) bond motifs is 2. The summed E-state index contributed by atoms with van der Waals surface area (Å²) in [6, 6.07) is 35.2. The third-order valence-electron chi connectivity index (χ3n) is 13.5. The molecule has 2 nitrogen and oxygen atoms in total. The largest absolute Gasteiger partial charge is 0.493 e. The van der Waals surface area contributed by atoms with Gasteiger partial charge < -0.3 is 9.47 Å². The van der Waals surface area contributed by atoms with Gasteiger partial charge in [-0.25, -0.2) is 0 Å². The zero-order chi connectivity index (χ0) is 44.9. The molecule has 5 aromatic rings. The molecule has 0 saturated carbocycles. The fraction of sp³-hybridized carbons (Fsp3) is 0.516. The lowest BCUT2D eigenvalue weighted by Crippen LogP contribution is -2.12. The highest BCUT2D eigenvalue weighted by atomic mass is 16.5. The van der Waals surface area contributed by atoms with Gasteiger partial charge in [-0.1, -0.05) is 253 Å². The van der Waals surface area contributed by atoms with Crippen LogP contribution in [-0.4, -0.2) is 13.2 Å². The Balaban J connectivity index is 1.23. The van der Waals surface area contributed by atoms with E-state index in [1.807, 2.05) is 0 Å². The van der Waals surface area contributed by atoms with Crippen molar-refractivity contribution >= 4 is 45.8 Å². The van der Waals surface area contributed by atoms with Crippen molar-refractivity contribution in [3.63, 3.8) is 0 Å². The first-order chi connectivity index (χ1) is 31.6. The molecule has 0 spiro atoms. The van der Waals surface area contributed by atoms with Crippen LogP contribution in [0.2, 0.25) is 0 Å². The van der Waals surface area contributed by atoms with Crippen LogP contribution in [0.15, 0.2) is 97.1 Å². The molecule has 0 radical (unpaired) electrons. The predicted octanol–water partition coefficient (Wildman–Crippen LogP) is 19.8. The summed E-state index contributed by atoms with van der Waals surface area (Å²) < 4.78 is 12.9. The molecule has 5 aromatic carbocycles. The van der Waals surface area contributed by atoms with Crippen molar-refractivity contribution in [3.05, 3.63) is 119 Å². The van der Waals surface area contributed by atoms with Gasteiger partial charge in [0.25, 0.3) is 0 Å². The Labute approximate surface area is 391 Å². The average Bonchev–Trinajstić information content (AvgIpc) is 3.33. The van der Waals surface area contributed by atoms with Crippen LogP contribution in [0, 0.1) is 11.8 Å². The van der Waals surface area contributed by atoms with Crippen LogP contribution in [0.3, 0.4) is 0 Å². The highest BCUT2D eigenvalue weighted by Gasteiger charge is 2.13. The lowest BCUT2D eigenvalue weighted by atomic mass is 9.91. The van der Waals surface area contributed by atoms with Gasteiger partial charge in [-0.2, -0.15) is 0 Å². The molecule has 5 rings (SSSR count). The molecule has 346 valence electrons. The molecular weight excluding hydrogens is 777 g/mol. The van der Waals surface area contributed by atoms with Crippen molar-refractivity contribution in [1.29, 1.82) is 0 Å². The second-order valence-corrected chi connectivity index (χ2v) is 18.9. The first kappa shape index (κ1) is 50.7. The van der Waals surface area contributed by atoms with Gasteiger partial charge in [0.1, 0.15) is 11.5 Å². The summed E-state index contributed by atoms with van der Waals surface area (Å²) in [5.74, 6) is 3.26. The summed E-state index contributed by atoms with van der Waals surface area (Å²) in [7, 11) is 0. The van der Waals surface area contributed by atoms with E-state index in [4.69, 9.17) is 9.47 Å². The van der Waals surface area contributed by atoms with E-state index >= 15 is 0 Å². The minimum absolute atomic E-state index is 0.648. The maximum atomic E-state index is 6.45. The van der Waals surface area contributed by atoms with Crippen LogP contribution >= 0.6 is 0 Å². The molecule has 0 saturated heterocycles. The molecule has 0 aliphatic heterocycles. The van der Waals surface area contributed by atoms with Crippen molar-refractivity contribution < 1.29 is 9.47 Å². The van der Waals surface area contributed by atoms with Gasteiger partial charge >= 0.3 is 0 Å². The summed E-state index contributed by atoms with van der Waals surface area (Å²) in [6.45, 7) is 10.8. The molecule has 2 unspecified atom stereocenters. The maximum absolute atomic E-state index is 6.45. The van der Waals surface area contributed by atoms with Crippen LogP contribution in [0.4, 0.5) is 0 Å². The van der Waals surface area contributed by atoms with E-state index in [2.05, 4.69) is 149 Å². The Hall–Kier alpha value is -4.30. The van der Waals surface area contributed by atoms with E-state index in [1.165, 1.54) is 198 Å². The Morgan fingerprint density at radius 3 is 0.922 bits per heavy atom. The molecule has 0 heterocycles. The molecule has 2 atom stereocenters. The highest BCUT2D eigenvalue weighted by molar-refractivity contribution is 6.14. The molecule has 0 aliphatic rings. The van der Waals surface area contributed by atoms with Crippen LogP contribution < -0.4 is 9.47 Å². The van der Waals surface area contributed by atoms with Crippen molar-refractivity contribution in [2.75, 3.05) is 13.2 Å². The van der Waals surface area contributed by atoms with Gasteiger partial charge in [-0.05, 0) is 106 Å². The van der Waals surface area contributed by atoms with Crippen molar-refractivity contribution in [2.24, 2.45) is 11.8 Å². The van der Waals surface area contributed by atoms with Gasteiger partial charge in [0, 0.05) is 0 Å². The fourth-order valence-corrected chi connectivity index (χ4v) is 9.46. The normalized spacial score (nSPS) is 12.8. The van der Waals surface area contributed by atoms with Crippen LogP contribution in [0.25, 0.3) is 45.8 Å². The lowest BCUT2D eigenvalue weighted by Gasteiger charge is -2.18. The van der Waals surface area contributed by atoms with Gasteiger partial charge in [-0.3, -0.25) is 0 Å². The Bertz CT molecular complexity index is 1830. The molecule has 0 aromatic heterocycles. The molecular formula is C62H86O2. The minimum Gasteiger partial charge on any atom is -0.493 e. The second kappa shape index (κ2) is 30.8. The van der Waals surface area contributed by atoms with Gasteiger partial charge in [0.05, 0.1) is 13.2 Å². The molecule has 0 fully saturated rings. The topological polar surface area (TPSA) is 18.5 Å². The quantitative estimate of drug-likeness (QED) is 0.0233. The smallest absolute Gasteiger partial charge is 0.119 e. The minimum atomic E-state index is 0.648. The second-order valence-electron chi connectivity index (χ2n) is 18.9. The summed E-state index contributed by atoms with van der Waals surface area (Å²) in [5.41, 5.74) is 4.87. The zero-order valence-corrected chi connectivity index (χ0v) is 40.9. The Morgan fingerprint density at radius 2 is 0.609 bits per heavy atom. The molecule has 2 heteroatoms. The van der Waals surface area contributed by atoms with Crippen LogP contribution in [-0.2, 0) is 0 Å². The average molecular weight is 863 g/mol. The predicted molar refractivity (Wildman–Crippen MR) is 284 cm³/mol. The van der Waals surface area contributed by atoms with E-state index in [0.29, 0.717) is 11.8 Å². The van der Waals surface area contributed by atoms with Gasteiger partial charge in [0.2, 0.25) is 0 Å². The first-order valence-electron chi connectivity index (χ1n) is 26.4. The lowest BCUT2D eigenvalue weighted by molar-refractivity contribution is 0.224. The summed E-state index contributed by atoms with van der Waals surface area (Å²) in [6.07, 6.45) is 41.2. The number of hydrogen-bond donors (Lipinski definition) is 0. The summed E-state index contributed by atoms with van der Waals surface area (Å²) in [5, 5.41) is 5.06. The van der Waals surface area contributed by atoms with Crippen LogP contribution in [0.5, 0.6) is 11.5 Å². The molecule has 0 amide bonds. The van der Waals surface area contributed by atoms with Crippen molar-refractivity contribution in [3.8, 4) is 11.5 Å². The third kappa shape index (κ3) is 17.9. The summed E-state index contributed by atoms with van der Waals surface area (Å²) in [4.78, 5) is 0. The highest BCUT2D eigenvalue weighted by Crippen LogP contribution is 2.36. The molecule has 0 N–H and O–H groups in total. The van der Waals surface area contributed by atoms with Crippen LogP contribution in [0.1, 0.15) is 204 Å². The fourth-order valence-electron chi connectivity index (χ4n) is 9.46. The number of ether oxygens (including phenoxy) is 2. The van der Waals surface area contributed by atoms with Gasteiger partial charge in [-0.15, -0.1) is 0 Å². The van der Waals surface area contributed by atoms with Gasteiger partial charge in [0.15, 0.2) is 0 Å². The molecule has 64 heavy (non-hydrogen) atoms.